The molecule has 2 aromatic heterocycles. The van der Waals surface area contributed by atoms with E-state index >= 15 is 0 Å². The fraction of sp³-hybridized carbons (Fsp3) is 0.0233. The van der Waals surface area contributed by atoms with Crippen LogP contribution in [0, 0.1) is 0 Å². The summed E-state index contributed by atoms with van der Waals surface area (Å²) < 4.78 is 4.75. The first-order valence-corrected chi connectivity index (χ1v) is 15.6. The van der Waals surface area contributed by atoms with Crippen LogP contribution in [-0.2, 0) is 0 Å². The van der Waals surface area contributed by atoms with Crippen molar-refractivity contribution in [3.05, 3.63) is 163 Å². The van der Waals surface area contributed by atoms with Crippen LogP contribution in [0.1, 0.15) is 12.5 Å². The lowest BCUT2D eigenvalue weighted by atomic mass is 9.94. The Morgan fingerprint density at radius 1 is 0.489 bits per heavy atom. The Morgan fingerprint density at radius 2 is 1.16 bits per heavy atom. The van der Waals surface area contributed by atoms with Crippen LogP contribution in [-0.4, -0.2) is 9.13 Å². The van der Waals surface area contributed by atoms with Crippen molar-refractivity contribution in [1.29, 1.82) is 0 Å². The van der Waals surface area contributed by atoms with Crippen LogP contribution in [0.2, 0.25) is 0 Å². The Balaban J connectivity index is 1.37. The molecular formula is C43H30N2. The molecule has 0 aliphatic carbocycles. The minimum Gasteiger partial charge on any atom is -0.317 e. The highest BCUT2D eigenvalue weighted by atomic mass is 15.0. The molecular weight excluding hydrogens is 544 g/mol. The normalized spacial score (nSPS) is 12.0. The highest BCUT2D eigenvalue weighted by Gasteiger charge is 2.21. The summed E-state index contributed by atoms with van der Waals surface area (Å²) in [6.07, 6.45) is 6.57. The van der Waals surface area contributed by atoms with Crippen molar-refractivity contribution >= 4 is 60.3 Å². The van der Waals surface area contributed by atoms with Crippen LogP contribution in [0.5, 0.6) is 0 Å². The Hall–Kier alpha value is -5.86. The van der Waals surface area contributed by atoms with E-state index in [-0.39, 0.29) is 0 Å². The van der Waals surface area contributed by atoms with E-state index in [1.165, 1.54) is 76.6 Å². The average Bonchev–Trinajstić information content (AvgIpc) is 3.69. The predicted octanol–water partition coefficient (Wildman–Crippen LogP) is 11.7. The molecule has 9 aromatic rings. The lowest BCUT2D eigenvalue weighted by molar-refractivity contribution is 1.13. The number of hydrogen-bond donors (Lipinski definition) is 0. The summed E-state index contributed by atoms with van der Waals surface area (Å²) in [7, 11) is 0. The zero-order valence-electron chi connectivity index (χ0n) is 25.0. The molecule has 0 spiro atoms. The van der Waals surface area contributed by atoms with Crippen LogP contribution in [0.3, 0.4) is 0 Å². The van der Waals surface area contributed by atoms with Crippen LogP contribution in [0.15, 0.2) is 158 Å². The summed E-state index contributed by atoms with van der Waals surface area (Å²) in [4.78, 5) is 0. The molecule has 0 aliphatic heterocycles. The second kappa shape index (κ2) is 10.1. The molecule has 2 nitrogen and oxygen atoms in total. The van der Waals surface area contributed by atoms with Crippen LogP contribution in [0.25, 0.3) is 82.8 Å². The topological polar surface area (TPSA) is 9.86 Å². The van der Waals surface area contributed by atoms with Gasteiger partial charge in [0, 0.05) is 33.7 Å². The third-order valence-corrected chi connectivity index (χ3v) is 9.20. The molecule has 0 radical (unpaired) electrons. The lowest BCUT2D eigenvalue weighted by Gasteiger charge is -2.13. The van der Waals surface area contributed by atoms with E-state index in [1.807, 2.05) is 0 Å². The van der Waals surface area contributed by atoms with E-state index in [2.05, 4.69) is 180 Å². The molecule has 0 saturated carbocycles. The van der Waals surface area contributed by atoms with Gasteiger partial charge in [-0.25, -0.2) is 0 Å². The summed E-state index contributed by atoms with van der Waals surface area (Å²) in [5.41, 5.74) is 9.65. The number of para-hydroxylation sites is 2. The van der Waals surface area contributed by atoms with Gasteiger partial charge in [-0.05, 0) is 93.7 Å². The van der Waals surface area contributed by atoms with E-state index in [1.54, 1.807) is 0 Å². The number of fused-ring (bicyclic) bond motifs is 9. The quantitative estimate of drug-likeness (QED) is 0.185. The van der Waals surface area contributed by atoms with Gasteiger partial charge in [-0.2, -0.15) is 0 Å². The number of allylic oxidation sites excluding steroid dienone is 1. The van der Waals surface area contributed by atoms with Gasteiger partial charge < -0.3 is 9.13 Å². The highest BCUT2D eigenvalue weighted by Crippen LogP contribution is 2.44. The third kappa shape index (κ3) is 3.89. The Morgan fingerprint density at radius 3 is 1.93 bits per heavy atom. The summed E-state index contributed by atoms with van der Waals surface area (Å²) in [5.74, 6) is 0. The number of hydrogen-bond acceptors (Lipinski definition) is 0. The Labute approximate surface area is 261 Å². The lowest BCUT2D eigenvalue weighted by Crippen LogP contribution is -1.96. The van der Waals surface area contributed by atoms with Crippen LogP contribution >= 0.6 is 0 Å². The molecule has 0 N–H and O–H groups in total. The fourth-order valence-electron chi connectivity index (χ4n) is 7.27. The maximum Gasteiger partial charge on any atom is 0.0626 e. The van der Waals surface area contributed by atoms with Gasteiger partial charge in [0.05, 0.1) is 16.6 Å². The molecule has 0 atom stereocenters. The van der Waals surface area contributed by atoms with Gasteiger partial charge in [-0.15, -0.1) is 0 Å². The molecule has 212 valence electrons. The number of rotatable bonds is 4. The SMILES string of the molecule is C/C=C/c1cc(-c2ccc(-n3ccc4ccccc43)cc2)cc2c3c4ccccc4c4ccccc4c3n(-c3ccccc3)c12. The molecule has 2 heteroatoms. The monoisotopic (exact) mass is 574 g/mol. The van der Waals surface area contributed by atoms with E-state index in [4.69, 9.17) is 0 Å². The summed E-state index contributed by atoms with van der Waals surface area (Å²) in [6.45, 7) is 2.11. The first kappa shape index (κ1) is 25.6. The summed E-state index contributed by atoms with van der Waals surface area (Å²) in [5, 5.41) is 8.92. The number of benzene rings is 7. The largest absolute Gasteiger partial charge is 0.317 e. The van der Waals surface area contributed by atoms with Gasteiger partial charge in [-0.3, -0.25) is 0 Å². The molecule has 0 amide bonds. The average molecular weight is 575 g/mol. The minimum atomic E-state index is 1.16. The molecule has 7 aromatic carbocycles. The number of nitrogens with zero attached hydrogens (tertiary/aromatic N) is 2. The number of aromatic nitrogens is 2. The molecule has 2 heterocycles. The third-order valence-electron chi connectivity index (χ3n) is 9.20. The zero-order valence-corrected chi connectivity index (χ0v) is 25.0. The van der Waals surface area contributed by atoms with Gasteiger partial charge in [0.15, 0.2) is 0 Å². The maximum absolute atomic E-state index is 2.48. The molecule has 9 rings (SSSR count). The van der Waals surface area contributed by atoms with Gasteiger partial charge >= 0.3 is 0 Å². The van der Waals surface area contributed by atoms with Crippen molar-refractivity contribution in [3.8, 4) is 22.5 Å². The first-order valence-electron chi connectivity index (χ1n) is 15.6. The second-order valence-electron chi connectivity index (χ2n) is 11.7. The Bertz CT molecular complexity index is 2580. The molecule has 45 heavy (non-hydrogen) atoms. The van der Waals surface area contributed by atoms with Crippen LogP contribution in [0.4, 0.5) is 0 Å². The van der Waals surface area contributed by atoms with Crippen LogP contribution < -0.4 is 0 Å². The van der Waals surface area contributed by atoms with Crippen molar-refractivity contribution in [2.24, 2.45) is 0 Å². The second-order valence-corrected chi connectivity index (χ2v) is 11.7. The maximum atomic E-state index is 2.48. The standard InChI is InChI=1S/C43H30N2/c1-2-12-31-27-32(29-21-23-33(24-22-29)44-26-25-30-13-6-11-20-40(30)44)28-39-41-37-18-9-7-16-35(37)36-17-8-10-19-38(36)43(41)45(42(31)39)34-14-4-3-5-15-34/h2-28H,1H3/b12-2+. The van der Waals surface area contributed by atoms with Gasteiger partial charge in [0.2, 0.25) is 0 Å². The minimum absolute atomic E-state index is 1.16. The van der Waals surface area contributed by atoms with Crippen molar-refractivity contribution < 1.29 is 0 Å². The smallest absolute Gasteiger partial charge is 0.0626 e. The van der Waals surface area contributed by atoms with Gasteiger partial charge in [0.1, 0.15) is 0 Å². The molecule has 0 saturated heterocycles. The van der Waals surface area contributed by atoms with Crippen molar-refractivity contribution in [3.63, 3.8) is 0 Å². The van der Waals surface area contributed by atoms with E-state index in [9.17, 15) is 0 Å². The van der Waals surface area contributed by atoms with Crippen molar-refractivity contribution in [2.75, 3.05) is 0 Å². The van der Waals surface area contributed by atoms with Crippen molar-refractivity contribution in [1.82, 2.24) is 9.13 Å². The summed E-state index contributed by atoms with van der Waals surface area (Å²) >= 11 is 0. The predicted molar refractivity (Wildman–Crippen MR) is 193 cm³/mol. The van der Waals surface area contributed by atoms with E-state index < -0.39 is 0 Å². The Kier molecular flexibility index (Phi) is 5.76. The van der Waals surface area contributed by atoms with E-state index in [0.717, 1.165) is 5.69 Å². The molecule has 0 fully saturated rings. The summed E-state index contributed by atoms with van der Waals surface area (Å²) in [6, 6.07) is 53.0. The molecule has 0 bridgehead atoms. The zero-order chi connectivity index (χ0) is 29.9. The van der Waals surface area contributed by atoms with Gasteiger partial charge in [-0.1, -0.05) is 109 Å². The molecule has 0 aliphatic rings. The van der Waals surface area contributed by atoms with Crippen molar-refractivity contribution in [2.45, 2.75) is 6.92 Å². The first-order chi connectivity index (χ1) is 22.3. The van der Waals surface area contributed by atoms with Gasteiger partial charge in [0.25, 0.3) is 0 Å². The van der Waals surface area contributed by atoms with E-state index in [0.29, 0.717) is 0 Å². The fourth-order valence-corrected chi connectivity index (χ4v) is 7.27. The molecule has 0 unspecified atom stereocenters. The highest BCUT2D eigenvalue weighted by molar-refractivity contribution is 6.32.